The van der Waals surface area contributed by atoms with E-state index in [1.54, 1.807) is 18.2 Å². The Kier molecular flexibility index (Phi) is 7.05. The first-order chi connectivity index (χ1) is 16.4. The fraction of sp³-hybridized carbons (Fsp3) is 0.136. The Morgan fingerprint density at radius 3 is 2.34 bits per heavy atom. The third-order valence-electron chi connectivity index (χ3n) is 5.36. The van der Waals surface area contributed by atoms with Crippen LogP contribution in [0.15, 0.2) is 42.6 Å². The molecule has 0 spiro atoms. The average Bonchev–Trinajstić information content (AvgIpc) is 3.39. The van der Waals surface area contributed by atoms with Crippen LogP contribution in [-0.4, -0.2) is 21.1 Å². The molecule has 13 heteroatoms. The maximum Gasteiger partial charge on any atom is 0.258 e. The Hall–Kier alpha value is -2.36. The van der Waals surface area contributed by atoms with Gasteiger partial charge in [-0.15, -0.1) is 23.2 Å². The zero-order chi connectivity index (χ0) is 25.7. The normalized spacial score (nSPS) is 18.1. The molecular weight excluding hydrogens is 568 g/mol. The first-order valence-corrected chi connectivity index (χ1v) is 11.6. The van der Waals surface area contributed by atoms with E-state index < -0.39 is 51.1 Å². The number of anilines is 3. The Morgan fingerprint density at radius 1 is 0.971 bits per heavy atom. The van der Waals surface area contributed by atoms with Crippen LogP contribution in [0.4, 0.5) is 26.0 Å². The summed E-state index contributed by atoms with van der Waals surface area (Å²) in [4.78, 5) is 29.0. The molecule has 0 saturated heterocycles. The molecule has 182 valence electrons. The Labute approximate surface area is 222 Å². The van der Waals surface area contributed by atoms with E-state index in [9.17, 15) is 18.4 Å². The minimum absolute atomic E-state index is 0.000119. The second-order valence-corrected chi connectivity index (χ2v) is 10.3. The van der Waals surface area contributed by atoms with Gasteiger partial charge < -0.3 is 16.4 Å². The molecule has 1 aromatic heterocycles. The molecule has 0 radical (unpaired) electrons. The van der Waals surface area contributed by atoms with Gasteiger partial charge >= 0.3 is 0 Å². The number of rotatable bonds is 5. The predicted octanol–water partition coefficient (Wildman–Crippen LogP) is 6.68. The van der Waals surface area contributed by atoms with Crippen molar-refractivity contribution < 1.29 is 18.4 Å². The van der Waals surface area contributed by atoms with E-state index in [-0.39, 0.29) is 16.3 Å². The highest BCUT2D eigenvalue weighted by atomic mass is 35.5. The summed E-state index contributed by atoms with van der Waals surface area (Å²) in [5.41, 5.74) is 5.19. The summed E-state index contributed by atoms with van der Waals surface area (Å²) in [7, 11) is 0. The number of hydrogen-bond donors (Lipinski definition) is 3. The lowest BCUT2D eigenvalue weighted by molar-refractivity contribution is -0.117. The highest BCUT2D eigenvalue weighted by molar-refractivity contribution is 6.53. The molecule has 2 amide bonds. The number of nitrogen functional groups attached to an aromatic ring is 1. The molecule has 1 heterocycles. The number of amides is 2. The number of benzene rings is 2. The number of halogens is 7. The van der Waals surface area contributed by atoms with Crippen molar-refractivity contribution in [3.63, 3.8) is 0 Å². The highest BCUT2D eigenvalue weighted by Crippen LogP contribution is 2.65. The number of aromatic nitrogens is 1. The molecule has 1 fully saturated rings. The van der Waals surface area contributed by atoms with Crippen LogP contribution < -0.4 is 16.4 Å². The fourth-order valence-electron chi connectivity index (χ4n) is 3.51. The van der Waals surface area contributed by atoms with E-state index in [0.29, 0.717) is 21.8 Å². The molecule has 35 heavy (non-hydrogen) atoms. The van der Waals surface area contributed by atoms with E-state index in [1.165, 1.54) is 18.2 Å². The van der Waals surface area contributed by atoms with Crippen molar-refractivity contribution >= 4 is 87.0 Å². The predicted molar refractivity (Wildman–Crippen MR) is 134 cm³/mol. The lowest BCUT2D eigenvalue weighted by atomic mass is 10.1. The highest BCUT2D eigenvalue weighted by Gasteiger charge is 2.67. The second-order valence-electron chi connectivity index (χ2n) is 7.62. The molecule has 2 atom stereocenters. The Bertz CT molecular complexity index is 1370. The largest absolute Gasteiger partial charge is 0.394 e. The van der Waals surface area contributed by atoms with Crippen molar-refractivity contribution in [3.05, 3.63) is 80.4 Å². The van der Waals surface area contributed by atoms with Crippen molar-refractivity contribution in [2.45, 2.75) is 10.3 Å². The van der Waals surface area contributed by atoms with Gasteiger partial charge in [0.15, 0.2) is 17.5 Å². The summed E-state index contributed by atoms with van der Waals surface area (Å²) in [6.45, 7) is 0. The number of nitrogens with two attached hydrogens (primary N) is 1. The minimum atomic E-state index is -1.39. The average molecular weight is 581 g/mol. The summed E-state index contributed by atoms with van der Waals surface area (Å²) < 4.78 is 26.0. The number of nitrogens with zero attached hydrogens (tertiary/aromatic N) is 1. The maximum atomic E-state index is 14.1. The van der Waals surface area contributed by atoms with Gasteiger partial charge in [-0.05, 0) is 35.9 Å². The van der Waals surface area contributed by atoms with Crippen LogP contribution in [0.25, 0.3) is 0 Å². The van der Waals surface area contributed by atoms with Crippen molar-refractivity contribution in [2.75, 3.05) is 16.4 Å². The number of hydrogen-bond acceptors (Lipinski definition) is 4. The van der Waals surface area contributed by atoms with Crippen LogP contribution in [0.1, 0.15) is 21.8 Å². The van der Waals surface area contributed by atoms with Gasteiger partial charge in [-0.25, -0.2) is 13.8 Å². The number of carbonyl (C=O) groups is 2. The third kappa shape index (κ3) is 4.99. The smallest absolute Gasteiger partial charge is 0.258 e. The van der Waals surface area contributed by atoms with Gasteiger partial charge in [0.2, 0.25) is 5.91 Å². The molecule has 0 aliphatic heterocycles. The van der Waals surface area contributed by atoms with Crippen molar-refractivity contribution in [1.29, 1.82) is 0 Å². The number of alkyl halides is 2. The molecule has 1 aliphatic rings. The van der Waals surface area contributed by atoms with Crippen LogP contribution in [0.5, 0.6) is 0 Å². The molecule has 4 N–H and O–H groups in total. The lowest BCUT2D eigenvalue weighted by Gasteiger charge is -2.11. The molecule has 4 rings (SSSR count). The van der Waals surface area contributed by atoms with E-state index in [1.807, 2.05) is 0 Å². The zero-order valence-electron chi connectivity index (χ0n) is 17.2. The molecular formula is C22H13Cl5F2N4O2. The fourth-order valence-corrected chi connectivity index (χ4v) is 4.85. The third-order valence-corrected chi connectivity index (χ3v) is 7.37. The number of nitrogens with one attached hydrogen (secondary N) is 2. The monoisotopic (exact) mass is 578 g/mol. The van der Waals surface area contributed by atoms with Crippen molar-refractivity contribution in [2.24, 2.45) is 5.92 Å². The maximum absolute atomic E-state index is 14.1. The summed E-state index contributed by atoms with van der Waals surface area (Å²) in [6.07, 6.45) is 0.663. The van der Waals surface area contributed by atoms with Gasteiger partial charge in [-0.3, -0.25) is 9.59 Å². The number of pyridine rings is 1. The summed E-state index contributed by atoms with van der Waals surface area (Å²) >= 11 is 30.8. The van der Waals surface area contributed by atoms with Crippen LogP contribution in [0, 0.1) is 17.6 Å². The number of carbonyl (C=O) groups excluding carboxylic acids is 2. The van der Waals surface area contributed by atoms with Gasteiger partial charge in [-0.1, -0.05) is 40.9 Å². The van der Waals surface area contributed by atoms with Gasteiger partial charge in [-0.2, -0.15) is 0 Å². The van der Waals surface area contributed by atoms with Gasteiger partial charge in [0.05, 0.1) is 32.7 Å². The van der Waals surface area contributed by atoms with E-state index >= 15 is 0 Å². The van der Waals surface area contributed by atoms with E-state index in [4.69, 9.17) is 63.7 Å². The zero-order valence-corrected chi connectivity index (χ0v) is 21.0. The first-order valence-electron chi connectivity index (χ1n) is 9.75. The molecule has 1 aliphatic carbocycles. The Balaban J connectivity index is 1.52. The van der Waals surface area contributed by atoms with E-state index in [2.05, 4.69) is 15.6 Å². The first kappa shape index (κ1) is 25.7. The van der Waals surface area contributed by atoms with Gasteiger partial charge in [0.25, 0.3) is 5.91 Å². The van der Waals surface area contributed by atoms with Crippen LogP contribution >= 0.6 is 58.0 Å². The van der Waals surface area contributed by atoms with E-state index in [0.717, 1.165) is 0 Å². The van der Waals surface area contributed by atoms with Gasteiger partial charge in [0, 0.05) is 11.6 Å². The van der Waals surface area contributed by atoms with Crippen molar-refractivity contribution in [1.82, 2.24) is 4.98 Å². The molecule has 0 bridgehead atoms. The molecule has 3 aromatic rings. The van der Waals surface area contributed by atoms with Crippen molar-refractivity contribution in [3.8, 4) is 0 Å². The standard InChI is InChI=1S/C22H13Cl5F2N4O2/c23-11-4-2-9(6-10(11)20(34)33-19-17(29)18(30)14(28)7-31-19)32-21(35)16-15(22(16,26)27)8-1-3-12(24)13(25)5-8/h1-7,15-16H,(H,32,35)(H3,30,31,33,34)/t15?,16-/m1/s1. The molecule has 1 unspecified atom stereocenters. The molecule has 2 aromatic carbocycles. The van der Waals surface area contributed by atoms with Crippen LogP contribution in [0.3, 0.4) is 0 Å². The van der Waals surface area contributed by atoms with Crippen LogP contribution in [-0.2, 0) is 4.79 Å². The second kappa shape index (κ2) is 9.59. The quantitative estimate of drug-likeness (QED) is 0.293. The summed E-state index contributed by atoms with van der Waals surface area (Å²) in [5, 5.41) is 5.44. The Morgan fingerprint density at radius 2 is 1.66 bits per heavy atom. The summed E-state index contributed by atoms with van der Waals surface area (Å²) in [5.74, 6) is -5.65. The SMILES string of the molecule is Nc1c(F)cnc(NC(=O)c2cc(NC(=O)[C@H]3C(c4ccc(Cl)c(Cl)c4)C3(Cl)Cl)ccc2Cl)c1F. The summed E-state index contributed by atoms with van der Waals surface area (Å²) in [6, 6.07) is 8.90. The van der Waals surface area contributed by atoms with Crippen LogP contribution in [0.2, 0.25) is 15.1 Å². The lowest BCUT2D eigenvalue weighted by Crippen LogP contribution is -2.19. The van der Waals surface area contributed by atoms with Gasteiger partial charge in [0.1, 0.15) is 10.0 Å². The topological polar surface area (TPSA) is 97.1 Å². The molecule has 1 saturated carbocycles. The minimum Gasteiger partial charge on any atom is -0.394 e. The molecule has 6 nitrogen and oxygen atoms in total.